The molecule has 1 heterocycles. The summed E-state index contributed by atoms with van der Waals surface area (Å²) >= 11 is 11.7. The first-order chi connectivity index (χ1) is 8.48. The molecule has 0 saturated heterocycles. The predicted molar refractivity (Wildman–Crippen MR) is 73.6 cm³/mol. The molecule has 0 unspecified atom stereocenters. The second-order valence-electron chi connectivity index (χ2n) is 4.22. The maximum Gasteiger partial charge on any atom is 0.252 e. The molecule has 18 heavy (non-hydrogen) atoms. The SMILES string of the molecule is CCC(CCl)(CCl)NC(=O)c1ccn(C)c(=O)c1. The molecule has 1 aromatic rings. The van der Waals surface area contributed by atoms with Gasteiger partial charge in [-0.05, 0) is 12.5 Å². The number of pyridine rings is 1. The summed E-state index contributed by atoms with van der Waals surface area (Å²) in [4.78, 5) is 23.5. The Morgan fingerprint density at radius 2 is 2.06 bits per heavy atom. The van der Waals surface area contributed by atoms with Crippen LogP contribution in [0.5, 0.6) is 0 Å². The van der Waals surface area contributed by atoms with Crippen molar-refractivity contribution in [1.29, 1.82) is 0 Å². The number of carbonyl (C=O) groups is 1. The molecule has 6 heteroatoms. The van der Waals surface area contributed by atoms with Crippen LogP contribution in [0.25, 0.3) is 0 Å². The molecule has 0 aromatic carbocycles. The number of aryl methyl sites for hydroxylation is 1. The first kappa shape index (κ1) is 15.1. The highest BCUT2D eigenvalue weighted by Gasteiger charge is 2.28. The zero-order chi connectivity index (χ0) is 13.8. The van der Waals surface area contributed by atoms with Crippen LogP contribution in [0.3, 0.4) is 0 Å². The Hall–Kier alpha value is -1.00. The van der Waals surface area contributed by atoms with Gasteiger partial charge in [0.25, 0.3) is 11.5 Å². The molecule has 0 aliphatic carbocycles. The average molecular weight is 291 g/mol. The summed E-state index contributed by atoms with van der Waals surface area (Å²) in [6.07, 6.45) is 2.17. The largest absolute Gasteiger partial charge is 0.344 e. The minimum absolute atomic E-state index is 0.226. The number of nitrogens with zero attached hydrogens (tertiary/aromatic N) is 1. The molecule has 0 radical (unpaired) electrons. The fourth-order valence-electron chi connectivity index (χ4n) is 1.38. The molecule has 4 nitrogen and oxygen atoms in total. The van der Waals surface area contributed by atoms with Gasteiger partial charge in [-0.3, -0.25) is 9.59 Å². The highest BCUT2D eigenvalue weighted by atomic mass is 35.5. The highest BCUT2D eigenvalue weighted by molar-refractivity contribution is 6.22. The van der Waals surface area contributed by atoms with Gasteiger partial charge in [-0.1, -0.05) is 6.92 Å². The van der Waals surface area contributed by atoms with Gasteiger partial charge in [0.05, 0.1) is 5.54 Å². The van der Waals surface area contributed by atoms with Crippen molar-refractivity contribution < 1.29 is 4.79 Å². The van der Waals surface area contributed by atoms with Crippen LogP contribution in [0.15, 0.2) is 23.1 Å². The molecular formula is C12H16Cl2N2O2. The van der Waals surface area contributed by atoms with Crippen molar-refractivity contribution in [3.05, 3.63) is 34.2 Å². The van der Waals surface area contributed by atoms with Gasteiger partial charge in [0, 0.05) is 36.6 Å². The lowest BCUT2D eigenvalue weighted by Crippen LogP contribution is -2.51. The van der Waals surface area contributed by atoms with Gasteiger partial charge >= 0.3 is 0 Å². The monoisotopic (exact) mass is 290 g/mol. The van der Waals surface area contributed by atoms with Gasteiger partial charge in [0.2, 0.25) is 0 Å². The Kier molecular flexibility index (Phi) is 5.23. The first-order valence-corrected chi connectivity index (χ1v) is 6.66. The molecule has 1 amide bonds. The number of aromatic nitrogens is 1. The summed E-state index contributed by atoms with van der Waals surface area (Å²) in [6.45, 7) is 1.90. The zero-order valence-corrected chi connectivity index (χ0v) is 11.9. The van der Waals surface area contributed by atoms with Gasteiger partial charge < -0.3 is 9.88 Å². The molecule has 1 rings (SSSR count). The third-order valence-electron chi connectivity index (χ3n) is 2.93. The van der Waals surface area contributed by atoms with Crippen molar-refractivity contribution in [2.24, 2.45) is 7.05 Å². The van der Waals surface area contributed by atoms with Crippen LogP contribution in [0.4, 0.5) is 0 Å². The molecule has 0 atom stereocenters. The van der Waals surface area contributed by atoms with Crippen molar-refractivity contribution in [3.8, 4) is 0 Å². The molecule has 0 bridgehead atoms. The molecule has 0 aliphatic heterocycles. The summed E-state index contributed by atoms with van der Waals surface area (Å²) in [5, 5.41) is 2.79. The molecule has 1 aromatic heterocycles. The average Bonchev–Trinajstić information content (AvgIpc) is 2.39. The predicted octanol–water partition coefficient (Wildman–Crippen LogP) is 1.74. The van der Waals surface area contributed by atoms with Crippen LogP contribution in [-0.4, -0.2) is 27.8 Å². The number of alkyl halides is 2. The van der Waals surface area contributed by atoms with Crippen LogP contribution in [0, 0.1) is 0 Å². The van der Waals surface area contributed by atoms with Gasteiger partial charge in [0.15, 0.2) is 0 Å². The molecule has 0 fully saturated rings. The topological polar surface area (TPSA) is 51.1 Å². The van der Waals surface area contributed by atoms with Gasteiger partial charge in [0.1, 0.15) is 0 Å². The second-order valence-corrected chi connectivity index (χ2v) is 4.75. The quantitative estimate of drug-likeness (QED) is 0.840. The normalized spacial score (nSPS) is 11.3. The van der Waals surface area contributed by atoms with E-state index in [1.54, 1.807) is 19.3 Å². The zero-order valence-electron chi connectivity index (χ0n) is 10.4. The Bertz CT molecular complexity index is 473. The minimum atomic E-state index is -0.638. The van der Waals surface area contributed by atoms with E-state index in [2.05, 4.69) is 5.32 Å². The van der Waals surface area contributed by atoms with Gasteiger partial charge in [-0.25, -0.2) is 0 Å². The lowest BCUT2D eigenvalue weighted by atomic mass is 10.0. The third kappa shape index (κ3) is 3.27. The summed E-state index contributed by atoms with van der Waals surface area (Å²) in [6, 6.07) is 2.87. The summed E-state index contributed by atoms with van der Waals surface area (Å²) in [5.74, 6) is 0.114. The molecule has 0 aliphatic rings. The minimum Gasteiger partial charge on any atom is -0.344 e. The maximum absolute atomic E-state index is 12.0. The van der Waals surface area contributed by atoms with Crippen LogP contribution < -0.4 is 10.9 Å². The Morgan fingerprint density at radius 3 is 2.50 bits per heavy atom. The number of nitrogens with one attached hydrogen (secondary N) is 1. The Morgan fingerprint density at radius 1 is 1.44 bits per heavy atom. The second kappa shape index (κ2) is 6.25. The number of halogens is 2. The van der Waals surface area contributed by atoms with E-state index in [1.807, 2.05) is 6.92 Å². The van der Waals surface area contributed by atoms with E-state index < -0.39 is 5.54 Å². The lowest BCUT2D eigenvalue weighted by Gasteiger charge is -2.29. The Labute approximate surface area is 116 Å². The third-order valence-corrected chi connectivity index (χ3v) is 3.96. The van der Waals surface area contributed by atoms with Crippen LogP contribution in [0.2, 0.25) is 0 Å². The molecule has 0 saturated carbocycles. The van der Waals surface area contributed by atoms with Gasteiger partial charge in [-0.2, -0.15) is 0 Å². The van der Waals surface area contributed by atoms with Gasteiger partial charge in [-0.15, -0.1) is 23.2 Å². The van der Waals surface area contributed by atoms with Crippen molar-refractivity contribution in [2.75, 3.05) is 11.8 Å². The number of hydrogen-bond donors (Lipinski definition) is 1. The molecule has 100 valence electrons. The van der Waals surface area contributed by atoms with E-state index in [-0.39, 0.29) is 23.2 Å². The van der Waals surface area contributed by atoms with Crippen LogP contribution in [0.1, 0.15) is 23.7 Å². The maximum atomic E-state index is 12.0. The molecule has 0 spiro atoms. The fraction of sp³-hybridized carbons (Fsp3) is 0.500. The van der Waals surface area contributed by atoms with E-state index in [4.69, 9.17) is 23.2 Å². The number of rotatable bonds is 5. The van der Waals surface area contributed by atoms with E-state index in [0.717, 1.165) is 0 Å². The van der Waals surface area contributed by atoms with E-state index in [9.17, 15) is 9.59 Å². The number of hydrogen-bond acceptors (Lipinski definition) is 2. The van der Waals surface area contributed by atoms with Crippen molar-refractivity contribution in [3.63, 3.8) is 0 Å². The van der Waals surface area contributed by atoms with E-state index >= 15 is 0 Å². The van der Waals surface area contributed by atoms with E-state index in [1.165, 1.54) is 10.6 Å². The first-order valence-electron chi connectivity index (χ1n) is 5.59. The smallest absolute Gasteiger partial charge is 0.252 e. The van der Waals surface area contributed by atoms with Crippen LogP contribution >= 0.6 is 23.2 Å². The number of carbonyl (C=O) groups excluding carboxylic acids is 1. The summed E-state index contributed by atoms with van der Waals surface area (Å²) < 4.78 is 1.40. The van der Waals surface area contributed by atoms with Crippen molar-refractivity contribution in [1.82, 2.24) is 9.88 Å². The molecule has 1 N–H and O–H groups in total. The summed E-state index contributed by atoms with van der Waals surface area (Å²) in [5.41, 5.74) is -0.561. The Balaban J connectivity index is 2.94. The lowest BCUT2D eigenvalue weighted by molar-refractivity contribution is 0.0913. The molecular weight excluding hydrogens is 275 g/mol. The standard InChI is InChI=1S/C12H16Cl2N2O2/c1-3-12(7-13,8-14)15-11(18)9-4-5-16(2)10(17)6-9/h4-6H,3,7-8H2,1-2H3,(H,15,18). The highest BCUT2D eigenvalue weighted by Crippen LogP contribution is 2.15. The van der Waals surface area contributed by atoms with E-state index in [0.29, 0.717) is 12.0 Å². The number of amides is 1. The summed E-state index contributed by atoms with van der Waals surface area (Å²) in [7, 11) is 1.62. The van der Waals surface area contributed by atoms with Crippen molar-refractivity contribution >= 4 is 29.1 Å². The van der Waals surface area contributed by atoms with Crippen LogP contribution in [-0.2, 0) is 7.05 Å². The fourth-order valence-corrected chi connectivity index (χ4v) is 2.18. The van der Waals surface area contributed by atoms with Crippen molar-refractivity contribution in [2.45, 2.75) is 18.9 Å².